The number of nitrogens with zero attached hydrogens (tertiary/aromatic N) is 2. The molecule has 2 aromatic carbocycles. The lowest BCUT2D eigenvalue weighted by Gasteiger charge is -2.15. The fraction of sp³-hybridized carbons (Fsp3) is 0.250. The van der Waals surface area contributed by atoms with Crippen LogP contribution in [0, 0.1) is 13.8 Å². The van der Waals surface area contributed by atoms with E-state index in [0.29, 0.717) is 11.3 Å². The third-order valence-electron chi connectivity index (χ3n) is 4.19. The fourth-order valence-electron chi connectivity index (χ4n) is 2.64. The molecule has 10 heteroatoms. The summed E-state index contributed by atoms with van der Waals surface area (Å²) in [5, 5.41) is 10.2. The Hall–Kier alpha value is -2.82. The van der Waals surface area contributed by atoms with Gasteiger partial charge in [0, 0.05) is 5.56 Å². The van der Waals surface area contributed by atoms with Crippen LogP contribution < -0.4 is 14.8 Å². The number of aromatic nitrogens is 2. The van der Waals surface area contributed by atoms with Gasteiger partial charge in [0.25, 0.3) is 15.9 Å². The molecule has 1 aromatic heterocycles. The Morgan fingerprint density at radius 1 is 1.07 bits per heavy atom. The number of ether oxygens (including phenoxy) is 1. The smallest absolute Gasteiger partial charge is 0.270 e. The van der Waals surface area contributed by atoms with E-state index in [1.54, 1.807) is 19.1 Å². The summed E-state index contributed by atoms with van der Waals surface area (Å²) in [6.07, 6.45) is 0. The van der Waals surface area contributed by atoms with Crippen LogP contribution in [0.5, 0.6) is 5.75 Å². The Bertz CT molecular complexity index is 1140. The molecule has 158 valence electrons. The predicted octanol–water partition coefficient (Wildman–Crippen LogP) is 3.15. The quantitative estimate of drug-likeness (QED) is 0.514. The number of amides is 1. The van der Waals surface area contributed by atoms with Crippen molar-refractivity contribution in [2.24, 2.45) is 0 Å². The van der Waals surface area contributed by atoms with Gasteiger partial charge in [-0.15, -0.1) is 10.2 Å². The average molecular weight is 447 g/mol. The molecule has 0 fully saturated rings. The number of hydrogen-bond acceptors (Lipinski definition) is 7. The fourth-order valence-corrected chi connectivity index (χ4v) is 4.78. The van der Waals surface area contributed by atoms with Gasteiger partial charge >= 0.3 is 0 Å². The molecule has 0 spiro atoms. The number of rotatable bonds is 8. The Morgan fingerprint density at radius 2 is 1.73 bits per heavy atom. The maximum Gasteiger partial charge on any atom is 0.270 e. The van der Waals surface area contributed by atoms with Crippen LogP contribution in [0.4, 0.5) is 5.13 Å². The molecule has 0 aliphatic rings. The van der Waals surface area contributed by atoms with Crippen LogP contribution >= 0.6 is 11.3 Å². The number of sulfonamides is 1. The van der Waals surface area contributed by atoms with Crippen molar-refractivity contribution in [3.8, 4) is 5.75 Å². The van der Waals surface area contributed by atoms with E-state index in [1.807, 2.05) is 50.2 Å². The molecule has 1 atom stereocenters. The van der Waals surface area contributed by atoms with Crippen LogP contribution in [-0.2, 0) is 10.0 Å². The first-order valence-electron chi connectivity index (χ1n) is 9.17. The molecule has 0 saturated carbocycles. The number of anilines is 1. The highest BCUT2D eigenvalue weighted by molar-refractivity contribution is 7.91. The van der Waals surface area contributed by atoms with Crippen LogP contribution in [-0.4, -0.2) is 37.2 Å². The molecular weight excluding hydrogens is 424 g/mol. The normalized spacial score (nSPS) is 12.4. The van der Waals surface area contributed by atoms with E-state index in [-0.39, 0.29) is 22.0 Å². The van der Waals surface area contributed by atoms with Gasteiger partial charge in [-0.1, -0.05) is 47.7 Å². The third kappa shape index (κ3) is 5.41. The van der Waals surface area contributed by atoms with E-state index in [2.05, 4.69) is 20.2 Å². The molecule has 30 heavy (non-hydrogen) atoms. The number of hydrogen-bond donors (Lipinski definition) is 2. The van der Waals surface area contributed by atoms with Crippen molar-refractivity contribution >= 4 is 32.4 Å². The van der Waals surface area contributed by atoms with Gasteiger partial charge in [-0.05, 0) is 44.0 Å². The van der Waals surface area contributed by atoms with E-state index in [9.17, 15) is 13.2 Å². The summed E-state index contributed by atoms with van der Waals surface area (Å²) < 4.78 is 33.1. The van der Waals surface area contributed by atoms with Gasteiger partial charge in [0.1, 0.15) is 12.4 Å². The molecule has 3 aromatic rings. The van der Waals surface area contributed by atoms with E-state index in [4.69, 9.17) is 4.74 Å². The molecular formula is C20H22N4O4S2. The topological polar surface area (TPSA) is 110 Å². The number of carbonyl (C=O) groups is 1. The van der Waals surface area contributed by atoms with Gasteiger partial charge in [-0.2, -0.15) is 0 Å². The summed E-state index contributed by atoms with van der Waals surface area (Å²) in [5.74, 6) is 0.321. The van der Waals surface area contributed by atoms with E-state index < -0.39 is 16.1 Å². The highest BCUT2D eigenvalue weighted by atomic mass is 32.2. The maximum absolute atomic E-state index is 12.6. The van der Waals surface area contributed by atoms with Gasteiger partial charge in [0.15, 0.2) is 0 Å². The van der Waals surface area contributed by atoms with Gasteiger partial charge in [0.05, 0.1) is 6.04 Å². The summed E-state index contributed by atoms with van der Waals surface area (Å²) in [6, 6.07) is 14.1. The largest absolute Gasteiger partial charge is 0.492 e. The van der Waals surface area contributed by atoms with E-state index >= 15 is 0 Å². The number of carbonyl (C=O) groups excluding carboxylic acids is 1. The summed E-state index contributed by atoms with van der Waals surface area (Å²) in [4.78, 5) is 12.4. The first-order chi connectivity index (χ1) is 14.3. The first-order valence-corrected chi connectivity index (χ1v) is 11.5. The van der Waals surface area contributed by atoms with Crippen LogP contribution in [0.25, 0.3) is 0 Å². The average Bonchev–Trinajstić information content (AvgIpc) is 3.17. The van der Waals surface area contributed by atoms with Crippen molar-refractivity contribution in [2.75, 3.05) is 11.9 Å². The molecule has 2 N–H and O–H groups in total. The Kier molecular flexibility index (Phi) is 6.80. The lowest BCUT2D eigenvalue weighted by atomic mass is 10.1. The van der Waals surface area contributed by atoms with Gasteiger partial charge in [0.2, 0.25) is 9.47 Å². The molecule has 0 bridgehead atoms. The second-order valence-electron chi connectivity index (χ2n) is 6.74. The Balaban J connectivity index is 1.61. The number of aryl methyl sites for hydroxylation is 2. The van der Waals surface area contributed by atoms with Crippen molar-refractivity contribution < 1.29 is 17.9 Å². The number of nitrogens with one attached hydrogen (secondary N) is 2. The third-order valence-corrected chi connectivity index (χ3v) is 6.98. The second-order valence-corrected chi connectivity index (χ2v) is 9.61. The first kappa shape index (κ1) is 21.9. The summed E-state index contributed by atoms with van der Waals surface area (Å²) in [6.45, 7) is 5.57. The molecule has 1 heterocycles. The molecule has 0 aliphatic carbocycles. The monoisotopic (exact) mass is 446 g/mol. The zero-order chi connectivity index (χ0) is 21.7. The molecule has 0 radical (unpaired) electrons. The highest BCUT2D eigenvalue weighted by Crippen LogP contribution is 2.21. The molecule has 0 unspecified atom stereocenters. The van der Waals surface area contributed by atoms with Gasteiger partial charge in [-0.25, -0.2) is 13.1 Å². The SMILES string of the molecule is Cc1ccccc1OC[C@H](C)NS(=O)(=O)c1nnc(NC(=O)c2ccccc2C)s1. The van der Waals surface area contributed by atoms with E-state index in [0.717, 1.165) is 22.5 Å². The van der Waals surface area contributed by atoms with Crippen molar-refractivity contribution in [2.45, 2.75) is 31.2 Å². The van der Waals surface area contributed by atoms with E-state index in [1.165, 1.54) is 0 Å². The summed E-state index contributed by atoms with van der Waals surface area (Å²) in [7, 11) is -3.90. The standard InChI is InChI=1S/C20H22N4O4S2/c1-13-8-4-6-10-16(13)18(25)21-19-22-23-20(29-19)30(26,27)24-15(3)12-28-17-11-7-5-9-14(17)2/h4-11,15,24H,12H2,1-3H3,(H,21,22,25)/t15-/m0/s1. The molecule has 0 aliphatic heterocycles. The Morgan fingerprint density at radius 3 is 2.43 bits per heavy atom. The lowest BCUT2D eigenvalue weighted by Crippen LogP contribution is -2.36. The van der Waals surface area contributed by atoms with Crippen molar-refractivity contribution in [3.63, 3.8) is 0 Å². The number of benzene rings is 2. The zero-order valence-corrected chi connectivity index (χ0v) is 18.4. The minimum atomic E-state index is -3.90. The molecule has 3 rings (SSSR count). The number of para-hydroxylation sites is 1. The molecule has 1 amide bonds. The van der Waals surface area contributed by atoms with Crippen LogP contribution in [0.15, 0.2) is 52.9 Å². The van der Waals surface area contributed by atoms with Crippen molar-refractivity contribution in [3.05, 3.63) is 65.2 Å². The lowest BCUT2D eigenvalue weighted by molar-refractivity contribution is 0.102. The van der Waals surface area contributed by atoms with Gasteiger partial charge < -0.3 is 4.74 Å². The summed E-state index contributed by atoms with van der Waals surface area (Å²) in [5.41, 5.74) is 2.25. The predicted molar refractivity (Wildman–Crippen MR) is 115 cm³/mol. The minimum Gasteiger partial charge on any atom is -0.492 e. The molecule has 0 saturated heterocycles. The minimum absolute atomic E-state index is 0.104. The molecule has 8 nitrogen and oxygen atoms in total. The van der Waals surface area contributed by atoms with Gasteiger partial charge in [-0.3, -0.25) is 10.1 Å². The van der Waals surface area contributed by atoms with Crippen LogP contribution in [0.3, 0.4) is 0 Å². The van der Waals surface area contributed by atoms with Crippen molar-refractivity contribution in [1.82, 2.24) is 14.9 Å². The highest BCUT2D eigenvalue weighted by Gasteiger charge is 2.23. The Labute approximate surface area is 179 Å². The summed E-state index contributed by atoms with van der Waals surface area (Å²) >= 11 is 0.782. The van der Waals surface area contributed by atoms with Crippen LogP contribution in [0.2, 0.25) is 0 Å². The maximum atomic E-state index is 12.6. The van der Waals surface area contributed by atoms with Crippen molar-refractivity contribution in [1.29, 1.82) is 0 Å². The van der Waals surface area contributed by atoms with Crippen LogP contribution in [0.1, 0.15) is 28.4 Å². The zero-order valence-electron chi connectivity index (χ0n) is 16.7. The second kappa shape index (κ2) is 9.33.